The Morgan fingerprint density at radius 2 is 1.96 bits per heavy atom. The second-order valence-corrected chi connectivity index (χ2v) is 7.68. The van der Waals surface area contributed by atoms with E-state index in [9.17, 15) is 13.2 Å². The third-order valence-corrected chi connectivity index (χ3v) is 4.83. The fourth-order valence-electron chi connectivity index (χ4n) is 2.31. The smallest absolute Gasteiger partial charge is 0.242 e. The average molecular weight is 351 g/mol. The van der Waals surface area contributed by atoms with Crippen molar-refractivity contribution in [2.45, 2.75) is 6.92 Å². The molecule has 0 aliphatic rings. The molecule has 0 saturated heterocycles. The summed E-state index contributed by atoms with van der Waals surface area (Å²) in [4.78, 5) is 13.4. The molecule has 1 aromatic heterocycles. The number of aromatic nitrogens is 3. The van der Waals surface area contributed by atoms with Crippen molar-refractivity contribution in [2.24, 2.45) is 7.05 Å². The summed E-state index contributed by atoms with van der Waals surface area (Å²) in [6, 6.07) is 5.26. The standard InChI is InChI=1S/C15H21N5O3S/c1-11-12(15-17-16-10-19(15)4)7-6-8-13(11)20(24(5,22)23)9-14(21)18(2)3/h6-8,10H,9H2,1-5H3. The molecular formula is C15H21N5O3S. The van der Waals surface area contributed by atoms with Crippen LogP contribution >= 0.6 is 0 Å². The normalized spacial score (nSPS) is 11.4. The van der Waals surface area contributed by atoms with E-state index in [0.29, 0.717) is 17.1 Å². The number of nitrogens with zero attached hydrogens (tertiary/aromatic N) is 5. The maximum atomic E-state index is 12.2. The van der Waals surface area contributed by atoms with E-state index in [0.717, 1.165) is 16.1 Å². The predicted octanol–water partition coefficient (Wildman–Crippen LogP) is 0.645. The van der Waals surface area contributed by atoms with E-state index < -0.39 is 10.0 Å². The van der Waals surface area contributed by atoms with Crippen LogP contribution in [-0.4, -0.2) is 60.9 Å². The summed E-state index contributed by atoms with van der Waals surface area (Å²) in [5, 5.41) is 7.92. The number of aryl methyl sites for hydroxylation is 1. The van der Waals surface area contributed by atoms with Crippen LogP contribution in [0.3, 0.4) is 0 Å². The molecule has 1 heterocycles. The number of rotatable bonds is 5. The molecule has 2 aromatic rings. The fraction of sp³-hybridized carbons (Fsp3) is 0.400. The summed E-state index contributed by atoms with van der Waals surface area (Å²) < 4.78 is 27.3. The van der Waals surface area contributed by atoms with Gasteiger partial charge in [0, 0.05) is 26.7 Å². The van der Waals surface area contributed by atoms with Gasteiger partial charge in [-0.15, -0.1) is 10.2 Å². The van der Waals surface area contributed by atoms with Crippen LogP contribution < -0.4 is 4.31 Å². The number of likely N-dealkylation sites (N-methyl/N-ethyl adjacent to an activating group) is 1. The maximum absolute atomic E-state index is 12.2. The van der Waals surface area contributed by atoms with Gasteiger partial charge in [0.25, 0.3) is 0 Å². The molecular weight excluding hydrogens is 330 g/mol. The Bertz CT molecular complexity index is 858. The zero-order valence-electron chi connectivity index (χ0n) is 14.4. The van der Waals surface area contributed by atoms with E-state index in [2.05, 4.69) is 10.2 Å². The van der Waals surface area contributed by atoms with Gasteiger partial charge in [0.2, 0.25) is 15.9 Å². The summed E-state index contributed by atoms with van der Waals surface area (Å²) in [6.45, 7) is 1.55. The summed E-state index contributed by atoms with van der Waals surface area (Å²) in [5.41, 5.74) is 1.93. The minimum Gasteiger partial charge on any atom is -0.347 e. The summed E-state index contributed by atoms with van der Waals surface area (Å²) in [6.07, 6.45) is 2.66. The Kier molecular flexibility index (Phi) is 4.93. The van der Waals surface area contributed by atoms with Gasteiger partial charge in [-0.25, -0.2) is 8.42 Å². The lowest BCUT2D eigenvalue weighted by molar-refractivity contribution is -0.127. The lowest BCUT2D eigenvalue weighted by Crippen LogP contribution is -2.40. The summed E-state index contributed by atoms with van der Waals surface area (Å²) in [7, 11) is 1.37. The highest BCUT2D eigenvalue weighted by molar-refractivity contribution is 7.92. The number of hydrogen-bond donors (Lipinski definition) is 0. The first kappa shape index (κ1) is 17.9. The van der Waals surface area contributed by atoms with Crippen molar-refractivity contribution in [1.82, 2.24) is 19.7 Å². The van der Waals surface area contributed by atoms with Gasteiger partial charge < -0.3 is 9.47 Å². The summed E-state index contributed by atoms with van der Waals surface area (Å²) in [5.74, 6) is 0.325. The van der Waals surface area contributed by atoms with Crippen LogP contribution in [0.25, 0.3) is 11.4 Å². The lowest BCUT2D eigenvalue weighted by Gasteiger charge is -2.25. The van der Waals surface area contributed by atoms with Gasteiger partial charge in [0.1, 0.15) is 12.9 Å². The molecule has 130 valence electrons. The molecule has 0 radical (unpaired) electrons. The first-order chi connectivity index (χ1) is 11.1. The van der Waals surface area contributed by atoms with Gasteiger partial charge in [-0.1, -0.05) is 12.1 Å². The van der Waals surface area contributed by atoms with Crippen LogP contribution in [0.15, 0.2) is 24.5 Å². The molecule has 0 saturated carbocycles. The third kappa shape index (κ3) is 3.56. The Hall–Kier alpha value is -2.42. The van der Waals surface area contributed by atoms with Gasteiger partial charge >= 0.3 is 0 Å². The molecule has 0 aliphatic heterocycles. The van der Waals surface area contributed by atoms with Crippen molar-refractivity contribution in [1.29, 1.82) is 0 Å². The number of carbonyl (C=O) groups is 1. The number of anilines is 1. The third-order valence-electron chi connectivity index (χ3n) is 3.70. The average Bonchev–Trinajstić information content (AvgIpc) is 2.90. The predicted molar refractivity (Wildman–Crippen MR) is 92.1 cm³/mol. The number of sulfonamides is 1. The first-order valence-electron chi connectivity index (χ1n) is 7.24. The molecule has 1 aromatic carbocycles. The molecule has 0 atom stereocenters. The largest absolute Gasteiger partial charge is 0.347 e. The Morgan fingerprint density at radius 1 is 1.29 bits per heavy atom. The van der Waals surface area contributed by atoms with Gasteiger partial charge in [0.05, 0.1) is 11.9 Å². The van der Waals surface area contributed by atoms with Gasteiger partial charge in [-0.3, -0.25) is 9.10 Å². The number of benzene rings is 1. The molecule has 0 aliphatic carbocycles. The van der Waals surface area contributed by atoms with Gasteiger partial charge in [-0.2, -0.15) is 0 Å². The second-order valence-electron chi connectivity index (χ2n) is 5.77. The molecule has 0 unspecified atom stereocenters. The minimum atomic E-state index is -3.62. The van der Waals surface area contributed by atoms with Gasteiger partial charge in [-0.05, 0) is 18.6 Å². The molecule has 24 heavy (non-hydrogen) atoms. The lowest BCUT2D eigenvalue weighted by atomic mass is 10.1. The van der Waals surface area contributed by atoms with Crippen LogP contribution in [0.4, 0.5) is 5.69 Å². The highest BCUT2D eigenvalue weighted by Crippen LogP contribution is 2.30. The minimum absolute atomic E-state index is 0.255. The number of hydrogen-bond acceptors (Lipinski definition) is 5. The van der Waals surface area contributed by atoms with E-state index >= 15 is 0 Å². The van der Waals surface area contributed by atoms with Crippen molar-refractivity contribution in [3.63, 3.8) is 0 Å². The number of carbonyl (C=O) groups excluding carboxylic acids is 1. The van der Waals surface area contributed by atoms with E-state index in [4.69, 9.17) is 0 Å². The number of amides is 1. The van der Waals surface area contributed by atoms with E-state index in [1.807, 2.05) is 13.1 Å². The molecule has 0 N–H and O–H groups in total. The molecule has 0 bridgehead atoms. The topological polar surface area (TPSA) is 88.4 Å². The van der Waals surface area contributed by atoms with Gasteiger partial charge in [0.15, 0.2) is 5.82 Å². The SMILES string of the molecule is Cc1c(-c2nncn2C)cccc1N(CC(=O)N(C)C)S(C)(=O)=O. The molecule has 1 amide bonds. The van der Waals surface area contributed by atoms with E-state index in [1.165, 1.54) is 4.90 Å². The molecule has 9 heteroatoms. The molecule has 8 nitrogen and oxygen atoms in total. The van der Waals surface area contributed by atoms with Crippen LogP contribution in [0.2, 0.25) is 0 Å². The first-order valence-corrected chi connectivity index (χ1v) is 9.09. The van der Waals surface area contributed by atoms with Crippen LogP contribution in [-0.2, 0) is 21.9 Å². The fourth-order valence-corrected chi connectivity index (χ4v) is 3.21. The van der Waals surface area contributed by atoms with Crippen LogP contribution in [0, 0.1) is 6.92 Å². The monoisotopic (exact) mass is 351 g/mol. The second kappa shape index (κ2) is 6.60. The van der Waals surface area contributed by atoms with Crippen molar-refractivity contribution in [3.8, 4) is 11.4 Å². The van der Waals surface area contributed by atoms with Crippen molar-refractivity contribution >= 4 is 21.6 Å². The molecule has 0 fully saturated rings. The molecule has 0 spiro atoms. The summed E-state index contributed by atoms with van der Waals surface area (Å²) >= 11 is 0. The van der Waals surface area contributed by atoms with E-state index in [1.54, 1.807) is 44.0 Å². The Labute approximate surface area is 141 Å². The van der Waals surface area contributed by atoms with Crippen molar-refractivity contribution < 1.29 is 13.2 Å². The van der Waals surface area contributed by atoms with Crippen LogP contribution in [0.1, 0.15) is 5.56 Å². The highest BCUT2D eigenvalue weighted by Gasteiger charge is 2.24. The zero-order chi connectivity index (χ0) is 18.1. The van der Waals surface area contributed by atoms with Crippen molar-refractivity contribution in [3.05, 3.63) is 30.1 Å². The zero-order valence-corrected chi connectivity index (χ0v) is 15.2. The van der Waals surface area contributed by atoms with E-state index in [-0.39, 0.29) is 12.5 Å². The van der Waals surface area contributed by atoms with Crippen LogP contribution in [0.5, 0.6) is 0 Å². The highest BCUT2D eigenvalue weighted by atomic mass is 32.2. The van der Waals surface area contributed by atoms with Crippen molar-refractivity contribution in [2.75, 3.05) is 31.2 Å². The quantitative estimate of drug-likeness (QED) is 0.789. The Morgan fingerprint density at radius 3 is 2.46 bits per heavy atom. The molecule has 2 rings (SSSR count). The maximum Gasteiger partial charge on any atom is 0.242 e. The Balaban J connectivity index is 2.56.